The second-order valence-corrected chi connectivity index (χ2v) is 5.79. The molecule has 0 radical (unpaired) electrons. The summed E-state index contributed by atoms with van der Waals surface area (Å²) in [7, 11) is 0. The molecule has 20 heavy (non-hydrogen) atoms. The molecule has 0 aliphatic heterocycles. The van der Waals surface area contributed by atoms with Crippen LogP contribution in [0.5, 0.6) is 0 Å². The van der Waals surface area contributed by atoms with Crippen LogP contribution >= 0.6 is 11.6 Å². The summed E-state index contributed by atoms with van der Waals surface area (Å²) in [6, 6.07) is 6.48. The van der Waals surface area contributed by atoms with Crippen molar-refractivity contribution in [2.45, 2.75) is 30.9 Å². The molecule has 1 aromatic rings. The second-order valence-electron chi connectivity index (χ2n) is 5.30. The van der Waals surface area contributed by atoms with Gasteiger partial charge in [-0.25, -0.2) is 0 Å². The summed E-state index contributed by atoms with van der Waals surface area (Å²) >= 11 is 5.96. The maximum Gasteiger partial charge on any atom is 0.409 e. The molecule has 1 aromatic carbocycles. The number of halogens is 4. The van der Waals surface area contributed by atoms with Crippen molar-refractivity contribution >= 4 is 17.7 Å². The molecule has 0 bridgehead atoms. The molecule has 1 unspecified atom stereocenters. The molecule has 4 heteroatoms. The highest BCUT2D eigenvalue weighted by Crippen LogP contribution is 2.50. The van der Waals surface area contributed by atoms with E-state index in [-0.39, 0.29) is 22.9 Å². The Kier molecular flexibility index (Phi) is 3.10. The van der Waals surface area contributed by atoms with Crippen molar-refractivity contribution in [3.8, 4) is 11.8 Å². The molecule has 0 saturated heterocycles. The van der Waals surface area contributed by atoms with E-state index in [0.717, 1.165) is 12.8 Å². The lowest BCUT2D eigenvalue weighted by molar-refractivity contribution is -0.172. The average molecular weight is 297 g/mol. The number of allylic oxidation sites excluding steroid dienone is 1. The Morgan fingerprint density at radius 3 is 2.55 bits per heavy atom. The van der Waals surface area contributed by atoms with Crippen LogP contribution in [-0.4, -0.2) is 6.18 Å². The molecule has 0 spiro atoms. The van der Waals surface area contributed by atoms with E-state index >= 15 is 0 Å². The van der Waals surface area contributed by atoms with Gasteiger partial charge in [-0.3, -0.25) is 0 Å². The molecular weight excluding hydrogens is 285 g/mol. The Morgan fingerprint density at radius 1 is 1.20 bits per heavy atom. The molecule has 1 atom stereocenters. The number of fused-ring (bicyclic) bond motifs is 1. The smallest absolute Gasteiger partial charge is 0.169 e. The number of benzene rings is 1. The molecule has 2 aliphatic carbocycles. The Bertz CT molecular complexity index is 629. The van der Waals surface area contributed by atoms with Crippen LogP contribution in [0.2, 0.25) is 0 Å². The summed E-state index contributed by atoms with van der Waals surface area (Å²) < 4.78 is 41.2. The van der Waals surface area contributed by atoms with Crippen LogP contribution in [0.15, 0.2) is 29.3 Å². The molecule has 0 amide bonds. The lowest BCUT2D eigenvalue weighted by atomic mass is 9.72. The third-order valence-electron chi connectivity index (χ3n) is 3.72. The van der Waals surface area contributed by atoms with Crippen LogP contribution in [0.25, 0.3) is 6.08 Å². The minimum absolute atomic E-state index is 0.117. The number of alkyl halides is 3. The van der Waals surface area contributed by atoms with Gasteiger partial charge in [0, 0.05) is 17.4 Å². The van der Waals surface area contributed by atoms with Gasteiger partial charge in [0.2, 0.25) is 0 Å². The quantitative estimate of drug-likeness (QED) is 0.598. The molecule has 1 fully saturated rings. The Labute approximate surface area is 120 Å². The van der Waals surface area contributed by atoms with Crippen LogP contribution in [0.4, 0.5) is 13.2 Å². The van der Waals surface area contributed by atoms with Crippen molar-refractivity contribution in [2.75, 3.05) is 0 Å². The van der Waals surface area contributed by atoms with E-state index in [9.17, 15) is 13.2 Å². The zero-order chi connectivity index (χ0) is 14.4. The van der Waals surface area contributed by atoms with Gasteiger partial charge in [0.1, 0.15) is 0 Å². The van der Waals surface area contributed by atoms with Crippen molar-refractivity contribution in [3.05, 3.63) is 40.4 Å². The van der Waals surface area contributed by atoms with E-state index < -0.39 is 11.6 Å². The van der Waals surface area contributed by atoms with Crippen LogP contribution in [0.3, 0.4) is 0 Å². The van der Waals surface area contributed by atoms with E-state index in [1.54, 1.807) is 24.3 Å². The average Bonchev–Trinajstić information content (AvgIpc) is 3.18. The molecule has 3 rings (SSSR count). The predicted molar refractivity (Wildman–Crippen MR) is 73.1 cm³/mol. The van der Waals surface area contributed by atoms with Gasteiger partial charge in [-0.15, -0.1) is 0 Å². The minimum atomic E-state index is -4.45. The van der Waals surface area contributed by atoms with Crippen molar-refractivity contribution in [2.24, 2.45) is 5.92 Å². The van der Waals surface area contributed by atoms with Gasteiger partial charge in [0.05, 0.1) is 0 Å². The molecule has 0 nitrogen and oxygen atoms in total. The highest BCUT2D eigenvalue weighted by Gasteiger charge is 2.57. The summed E-state index contributed by atoms with van der Waals surface area (Å²) in [6.45, 7) is 0. The zero-order valence-corrected chi connectivity index (χ0v) is 11.4. The third kappa shape index (κ3) is 2.23. The number of hydrogen-bond donors (Lipinski definition) is 0. The molecular formula is C16H12ClF3. The Balaban J connectivity index is 2.20. The van der Waals surface area contributed by atoms with Gasteiger partial charge < -0.3 is 0 Å². The number of rotatable bonds is 0. The first-order valence-corrected chi connectivity index (χ1v) is 6.85. The van der Waals surface area contributed by atoms with E-state index in [0.29, 0.717) is 5.56 Å². The van der Waals surface area contributed by atoms with E-state index in [2.05, 4.69) is 11.8 Å². The molecule has 2 aliphatic rings. The monoisotopic (exact) mass is 296 g/mol. The highest BCUT2D eigenvalue weighted by molar-refractivity contribution is 6.31. The second kappa shape index (κ2) is 4.56. The lowest BCUT2D eigenvalue weighted by Crippen LogP contribution is -2.43. The summed E-state index contributed by atoms with van der Waals surface area (Å²) in [6.07, 6.45) is -1.35. The van der Waals surface area contributed by atoms with E-state index in [1.165, 1.54) is 6.07 Å². The Morgan fingerprint density at radius 2 is 1.90 bits per heavy atom. The zero-order valence-electron chi connectivity index (χ0n) is 10.6. The van der Waals surface area contributed by atoms with Crippen LogP contribution in [-0.2, 0) is 5.41 Å². The molecule has 0 aromatic heterocycles. The first-order chi connectivity index (χ1) is 9.42. The van der Waals surface area contributed by atoms with E-state index in [1.807, 2.05) is 0 Å². The standard InChI is InChI=1S/C16H12ClF3/c17-13-9-12-3-1-2-4-14(12)15(10-13,16(18,19)20)8-7-11-5-6-11/h1-4,9,11H,5-6,10H2. The largest absolute Gasteiger partial charge is 0.409 e. The van der Waals surface area contributed by atoms with Gasteiger partial charge in [-0.1, -0.05) is 47.7 Å². The topological polar surface area (TPSA) is 0 Å². The fourth-order valence-electron chi connectivity index (χ4n) is 2.47. The summed E-state index contributed by atoms with van der Waals surface area (Å²) in [4.78, 5) is 0. The molecule has 1 saturated carbocycles. The van der Waals surface area contributed by atoms with Gasteiger partial charge in [0.15, 0.2) is 5.41 Å². The number of hydrogen-bond acceptors (Lipinski definition) is 0. The van der Waals surface area contributed by atoms with Gasteiger partial charge in [-0.2, -0.15) is 13.2 Å². The first kappa shape index (κ1) is 13.6. The predicted octanol–water partition coefficient (Wildman–Crippen LogP) is 4.88. The fraction of sp³-hybridized carbons (Fsp3) is 0.375. The Hall–Kier alpha value is -1.40. The van der Waals surface area contributed by atoms with Crippen molar-refractivity contribution in [1.29, 1.82) is 0 Å². The minimum Gasteiger partial charge on any atom is -0.169 e. The van der Waals surface area contributed by atoms with Crippen LogP contribution < -0.4 is 0 Å². The van der Waals surface area contributed by atoms with Crippen molar-refractivity contribution in [3.63, 3.8) is 0 Å². The normalized spacial score (nSPS) is 25.3. The molecule has 104 valence electrons. The summed E-state index contributed by atoms with van der Waals surface area (Å²) in [5.41, 5.74) is -1.45. The summed E-state index contributed by atoms with van der Waals surface area (Å²) in [5.74, 6) is 5.42. The van der Waals surface area contributed by atoms with Crippen molar-refractivity contribution in [1.82, 2.24) is 0 Å². The summed E-state index contributed by atoms with van der Waals surface area (Å²) in [5, 5.41) is 0.200. The highest BCUT2D eigenvalue weighted by atomic mass is 35.5. The maximum atomic E-state index is 13.7. The van der Waals surface area contributed by atoms with Gasteiger partial charge >= 0.3 is 6.18 Å². The van der Waals surface area contributed by atoms with Gasteiger partial charge in [0.25, 0.3) is 0 Å². The maximum absolute atomic E-state index is 13.7. The molecule has 0 heterocycles. The van der Waals surface area contributed by atoms with Crippen molar-refractivity contribution < 1.29 is 13.2 Å². The van der Waals surface area contributed by atoms with E-state index in [4.69, 9.17) is 11.6 Å². The lowest BCUT2D eigenvalue weighted by Gasteiger charge is -2.35. The fourth-order valence-corrected chi connectivity index (χ4v) is 2.79. The first-order valence-electron chi connectivity index (χ1n) is 6.47. The third-order valence-corrected chi connectivity index (χ3v) is 3.96. The van der Waals surface area contributed by atoms with Crippen LogP contribution in [0, 0.1) is 17.8 Å². The van der Waals surface area contributed by atoms with Crippen LogP contribution in [0.1, 0.15) is 30.4 Å². The van der Waals surface area contributed by atoms with Gasteiger partial charge in [-0.05, 0) is 30.0 Å². The molecule has 0 N–H and O–H groups in total. The SMILES string of the molecule is FC(F)(F)C1(C#CC2CC2)CC(Cl)=Cc2ccccc21.